The number of carbonyl (C=O) groups excluding carboxylic acids is 5. The summed E-state index contributed by atoms with van der Waals surface area (Å²) in [6, 6.07) is 5.94. The second kappa shape index (κ2) is 15.8. The van der Waals surface area contributed by atoms with Crippen LogP contribution in [0.15, 0.2) is 42.5 Å². The summed E-state index contributed by atoms with van der Waals surface area (Å²) in [5.74, 6) is -4.53. The highest BCUT2D eigenvalue weighted by molar-refractivity contribution is 5.99. The molecule has 1 aromatic heterocycles. The first-order valence-corrected chi connectivity index (χ1v) is 16.7. The van der Waals surface area contributed by atoms with Crippen LogP contribution in [0, 0.1) is 17.7 Å². The molecule has 1 aliphatic carbocycles. The number of para-hydroxylation sites is 1. The van der Waals surface area contributed by atoms with E-state index in [0.717, 1.165) is 6.07 Å². The average molecular weight is 718 g/mol. The number of alkyl halides is 3. The van der Waals surface area contributed by atoms with Crippen LogP contribution in [-0.4, -0.2) is 52.3 Å². The number of amides is 6. The van der Waals surface area contributed by atoms with Crippen LogP contribution in [0.3, 0.4) is 0 Å². The standard InChI is InChI=1S/C35H43F4N7O5/c1-5-18(3)27(42-26(47)16-20-10-7-8-13-24(20)36)30(48)44-34(32(50)43-28(19(4)6-2)31(49)45-46-33(40)51)15-14-25-22(17-34)21-11-9-12-23(29(21)41-25)35(37,38)39/h7-13,18-19,27-28,41H,5-6,14-17H2,1-4H3,(H,42,47)(H,43,50)(H,44,48)(H,45,49)(H3,40,46,51)/t18?,19?,27-,28-,34+/m0/s1. The lowest BCUT2D eigenvalue weighted by Crippen LogP contribution is -2.67. The Hall–Kier alpha value is -5.15. The van der Waals surface area contributed by atoms with Gasteiger partial charge in [0.25, 0.3) is 5.91 Å². The summed E-state index contributed by atoms with van der Waals surface area (Å²) in [7, 11) is 0. The van der Waals surface area contributed by atoms with Gasteiger partial charge in [-0.1, -0.05) is 70.9 Å². The van der Waals surface area contributed by atoms with Gasteiger partial charge in [-0.15, -0.1) is 0 Å². The predicted octanol–water partition coefficient (Wildman–Crippen LogP) is 3.67. The molecule has 1 aliphatic rings. The van der Waals surface area contributed by atoms with Gasteiger partial charge in [0, 0.05) is 17.5 Å². The molecule has 2 unspecified atom stereocenters. The number of hydrogen-bond donors (Lipinski definition) is 7. The van der Waals surface area contributed by atoms with E-state index in [1.165, 1.54) is 30.3 Å². The molecule has 2 aromatic carbocycles. The minimum atomic E-state index is -4.67. The summed E-state index contributed by atoms with van der Waals surface area (Å²) < 4.78 is 56.2. The van der Waals surface area contributed by atoms with E-state index in [0.29, 0.717) is 24.1 Å². The van der Waals surface area contributed by atoms with Crippen molar-refractivity contribution in [3.8, 4) is 0 Å². The minimum absolute atomic E-state index is 0.0477. The fourth-order valence-electron chi connectivity index (χ4n) is 6.30. The number of aromatic nitrogens is 1. The van der Waals surface area contributed by atoms with Crippen LogP contribution in [0.1, 0.15) is 69.3 Å². The number of rotatable bonds is 12. The largest absolute Gasteiger partial charge is 0.418 e. The van der Waals surface area contributed by atoms with Crippen molar-refractivity contribution in [2.75, 3.05) is 0 Å². The molecule has 0 saturated carbocycles. The Kier molecular flexibility index (Phi) is 12.0. The molecule has 276 valence electrons. The van der Waals surface area contributed by atoms with Crippen molar-refractivity contribution in [2.45, 2.75) is 90.0 Å². The number of hydrazine groups is 1. The smallest absolute Gasteiger partial charge is 0.358 e. The molecule has 8 N–H and O–H groups in total. The van der Waals surface area contributed by atoms with Crippen molar-refractivity contribution < 1.29 is 41.5 Å². The highest BCUT2D eigenvalue weighted by Crippen LogP contribution is 2.40. The highest BCUT2D eigenvalue weighted by Gasteiger charge is 2.47. The molecule has 3 aromatic rings. The molecule has 51 heavy (non-hydrogen) atoms. The fourth-order valence-corrected chi connectivity index (χ4v) is 6.30. The van der Waals surface area contributed by atoms with E-state index >= 15 is 0 Å². The summed E-state index contributed by atoms with van der Waals surface area (Å²) >= 11 is 0. The number of carbonyl (C=O) groups is 5. The summed E-state index contributed by atoms with van der Waals surface area (Å²) in [5.41, 5.74) is 7.31. The molecule has 0 aliphatic heterocycles. The van der Waals surface area contributed by atoms with E-state index in [-0.39, 0.29) is 42.1 Å². The number of H-pyrrole nitrogens is 1. The van der Waals surface area contributed by atoms with Crippen molar-refractivity contribution in [1.29, 1.82) is 0 Å². The molecule has 0 saturated heterocycles. The molecule has 6 amide bonds. The maximum absolute atomic E-state index is 14.4. The van der Waals surface area contributed by atoms with E-state index in [2.05, 4.69) is 26.4 Å². The van der Waals surface area contributed by atoms with E-state index in [1.54, 1.807) is 33.8 Å². The molecule has 0 spiro atoms. The molecule has 5 atom stereocenters. The van der Waals surface area contributed by atoms with Gasteiger partial charge in [0.2, 0.25) is 17.7 Å². The lowest BCUT2D eigenvalue weighted by Gasteiger charge is -2.39. The summed E-state index contributed by atoms with van der Waals surface area (Å²) in [5, 5.41) is 8.41. The molecule has 12 nitrogen and oxygen atoms in total. The molecular weight excluding hydrogens is 674 g/mol. The average Bonchev–Trinajstić information content (AvgIpc) is 3.45. The summed E-state index contributed by atoms with van der Waals surface area (Å²) in [4.78, 5) is 69.0. The van der Waals surface area contributed by atoms with Gasteiger partial charge in [0.15, 0.2) is 0 Å². The minimum Gasteiger partial charge on any atom is -0.358 e. The van der Waals surface area contributed by atoms with Gasteiger partial charge >= 0.3 is 12.2 Å². The molecule has 0 bridgehead atoms. The molecular formula is C35H43F4N7O5. The first-order chi connectivity index (χ1) is 24.0. The van der Waals surface area contributed by atoms with Gasteiger partial charge in [-0.05, 0) is 47.9 Å². The Morgan fingerprint density at radius 2 is 1.55 bits per heavy atom. The zero-order valence-electron chi connectivity index (χ0n) is 28.7. The van der Waals surface area contributed by atoms with Gasteiger partial charge in [0.05, 0.1) is 17.5 Å². The SMILES string of the molecule is CCC(C)[C@H](NC(=O)Cc1ccccc1F)C(=O)N[C@]1(C(=O)N[C@H](C(=O)NNC(N)=O)C(C)CC)CCc2[nH]c3c(C(F)(F)F)cccc3c2C1. The number of nitrogens with one attached hydrogen (secondary N) is 6. The van der Waals surface area contributed by atoms with Crippen molar-refractivity contribution >= 4 is 40.6 Å². The first-order valence-electron chi connectivity index (χ1n) is 16.7. The van der Waals surface area contributed by atoms with Crippen LogP contribution < -0.4 is 32.5 Å². The van der Waals surface area contributed by atoms with Gasteiger partial charge < -0.3 is 26.7 Å². The number of aryl methyl sites for hydroxylation is 1. The lowest BCUT2D eigenvalue weighted by molar-refractivity contribution is -0.139. The number of primary amides is 1. The zero-order valence-corrected chi connectivity index (χ0v) is 28.7. The van der Waals surface area contributed by atoms with E-state index in [9.17, 15) is 41.5 Å². The van der Waals surface area contributed by atoms with Crippen molar-refractivity contribution in [1.82, 2.24) is 31.8 Å². The second-order valence-corrected chi connectivity index (χ2v) is 13.1. The highest BCUT2D eigenvalue weighted by atomic mass is 19.4. The van der Waals surface area contributed by atoms with Gasteiger partial charge in [-0.25, -0.2) is 14.6 Å². The molecule has 0 fully saturated rings. The number of aromatic amines is 1. The maximum atomic E-state index is 14.4. The van der Waals surface area contributed by atoms with Crippen LogP contribution in [-0.2, 0) is 44.6 Å². The Morgan fingerprint density at radius 3 is 2.16 bits per heavy atom. The molecule has 1 heterocycles. The number of urea groups is 1. The quantitative estimate of drug-likeness (QED) is 0.111. The van der Waals surface area contributed by atoms with Crippen LogP contribution in [0.25, 0.3) is 10.9 Å². The number of benzene rings is 2. The maximum Gasteiger partial charge on any atom is 0.418 e. The Balaban J connectivity index is 1.74. The number of hydrogen-bond acceptors (Lipinski definition) is 5. The van der Waals surface area contributed by atoms with Crippen molar-refractivity contribution in [3.63, 3.8) is 0 Å². The molecule has 4 rings (SSSR count). The monoisotopic (exact) mass is 717 g/mol. The first kappa shape index (κ1) is 38.6. The molecule has 0 radical (unpaired) electrons. The van der Waals surface area contributed by atoms with Gasteiger partial charge in [-0.3, -0.25) is 24.6 Å². The Bertz CT molecular complexity index is 1800. The van der Waals surface area contributed by atoms with Gasteiger partial charge in [0.1, 0.15) is 23.4 Å². The van der Waals surface area contributed by atoms with E-state index in [1.807, 2.05) is 5.43 Å². The van der Waals surface area contributed by atoms with Crippen molar-refractivity contribution in [2.24, 2.45) is 17.6 Å². The zero-order chi connectivity index (χ0) is 37.7. The third-order valence-electron chi connectivity index (χ3n) is 9.62. The Labute approximate surface area is 292 Å². The van der Waals surface area contributed by atoms with Crippen molar-refractivity contribution in [3.05, 3.63) is 70.7 Å². The number of fused-ring (bicyclic) bond motifs is 3. The molecule has 16 heteroatoms. The predicted molar refractivity (Wildman–Crippen MR) is 180 cm³/mol. The topological polar surface area (TPSA) is 187 Å². The lowest BCUT2D eigenvalue weighted by atomic mass is 9.78. The van der Waals surface area contributed by atoms with Crippen LogP contribution in [0.5, 0.6) is 0 Å². The summed E-state index contributed by atoms with van der Waals surface area (Å²) in [6.45, 7) is 6.96. The van der Waals surface area contributed by atoms with E-state index in [4.69, 9.17) is 5.73 Å². The number of halogens is 4. The third-order valence-corrected chi connectivity index (χ3v) is 9.62. The van der Waals surface area contributed by atoms with Gasteiger partial charge in [-0.2, -0.15) is 13.2 Å². The summed E-state index contributed by atoms with van der Waals surface area (Å²) in [6.07, 6.45) is -4.49. The Morgan fingerprint density at radius 1 is 0.902 bits per heavy atom. The fraction of sp³-hybridized carbons (Fsp3) is 0.457. The second-order valence-electron chi connectivity index (χ2n) is 13.1. The van der Waals surface area contributed by atoms with Crippen LogP contribution >= 0.6 is 0 Å². The number of nitrogens with two attached hydrogens (primary N) is 1. The normalized spacial score (nSPS) is 18.0. The van der Waals surface area contributed by atoms with Crippen LogP contribution in [0.2, 0.25) is 0 Å². The van der Waals surface area contributed by atoms with Crippen LogP contribution in [0.4, 0.5) is 22.4 Å². The van der Waals surface area contributed by atoms with E-state index < -0.39 is 76.7 Å². The third kappa shape index (κ3) is 8.78.